The Labute approximate surface area is 172 Å². The summed E-state index contributed by atoms with van der Waals surface area (Å²) in [6, 6.07) is 16.3. The minimum Gasteiger partial charge on any atom is -0.492 e. The quantitative estimate of drug-likeness (QED) is 0.217. The SMILES string of the molecule is CCCCCCCCCOc1ccc(C=NNCc2ccccc2)cc1Br. The lowest BCUT2D eigenvalue weighted by atomic mass is 10.1. The number of hydrazone groups is 1. The van der Waals surface area contributed by atoms with Crippen molar-refractivity contribution in [1.82, 2.24) is 5.43 Å². The minimum absolute atomic E-state index is 0.720. The van der Waals surface area contributed by atoms with Gasteiger partial charge in [-0.1, -0.05) is 75.8 Å². The van der Waals surface area contributed by atoms with E-state index < -0.39 is 0 Å². The van der Waals surface area contributed by atoms with E-state index in [0.717, 1.165) is 35.4 Å². The molecule has 4 heteroatoms. The van der Waals surface area contributed by atoms with Gasteiger partial charge >= 0.3 is 0 Å². The lowest BCUT2D eigenvalue weighted by Crippen LogP contribution is -2.05. The third kappa shape index (κ3) is 9.09. The summed E-state index contributed by atoms with van der Waals surface area (Å²) >= 11 is 3.60. The molecule has 0 atom stereocenters. The molecule has 0 spiro atoms. The van der Waals surface area contributed by atoms with Crippen LogP contribution in [0.4, 0.5) is 0 Å². The Morgan fingerprint density at radius 1 is 0.963 bits per heavy atom. The summed E-state index contributed by atoms with van der Waals surface area (Å²) in [5.41, 5.74) is 5.32. The van der Waals surface area contributed by atoms with Gasteiger partial charge in [-0.15, -0.1) is 0 Å². The Hall–Kier alpha value is -1.81. The molecule has 0 saturated heterocycles. The summed E-state index contributed by atoms with van der Waals surface area (Å²) in [4.78, 5) is 0. The Balaban J connectivity index is 1.66. The van der Waals surface area contributed by atoms with E-state index in [1.165, 1.54) is 44.1 Å². The number of unbranched alkanes of at least 4 members (excludes halogenated alkanes) is 6. The van der Waals surface area contributed by atoms with E-state index in [0.29, 0.717) is 0 Å². The number of benzene rings is 2. The number of ether oxygens (including phenoxy) is 1. The second-order valence-corrected chi connectivity index (χ2v) is 7.59. The predicted molar refractivity (Wildman–Crippen MR) is 119 cm³/mol. The molecule has 1 N–H and O–H groups in total. The summed E-state index contributed by atoms with van der Waals surface area (Å²) in [6.45, 7) is 3.75. The fourth-order valence-corrected chi connectivity index (χ4v) is 3.32. The normalized spacial score (nSPS) is 11.0. The largest absolute Gasteiger partial charge is 0.492 e. The number of rotatable bonds is 13. The highest BCUT2D eigenvalue weighted by atomic mass is 79.9. The van der Waals surface area contributed by atoms with Gasteiger partial charge in [-0.05, 0) is 51.7 Å². The van der Waals surface area contributed by atoms with Crippen molar-refractivity contribution < 1.29 is 4.74 Å². The van der Waals surface area contributed by atoms with E-state index >= 15 is 0 Å². The van der Waals surface area contributed by atoms with Crippen molar-refractivity contribution in [3.63, 3.8) is 0 Å². The highest BCUT2D eigenvalue weighted by Gasteiger charge is 2.02. The first-order valence-electron chi connectivity index (χ1n) is 10.0. The molecular formula is C23H31BrN2O. The summed E-state index contributed by atoms with van der Waals surface area (Å²) in [6.07, 6.45) is 10.9. The molecule has 2 aromatic carbocycles. The average Bonchev–Trinajstić information content (AvgIpc) is 2.69. The third-order valence-corrected chi connectivity index (χ3v) is 5.01. The average molecular weight is 431 g/mol. The molecule has 0 aliphatic rings. The van der Waals surface area contributed by atoms with Crippen molar-refractivity contribution in [2.75, 3.05) is 6.61 Å². The monoisotopic (exact) mass is 430 g/mol. The van der Waals surface area contributed by atoms with Crippen molar-refractivity contribution in [3.8, 4) is 5.75 Å². The van der Waals surface area contributed by atoms with Crippen LogP contribution in [-0.2, 0) is 6.54 Å². The topological polar surface area (TPSA) is 33.6 Å². The van der Waals surface area contributed by atoms with Crippen LogP contribution in [0.2, 0.25) is 0 Å². The minimum atomic E-state index is 0.720. The molecule has 0 aromatic heterocycles. The third-order valence-electron chi connectivity index (χ3n) is 4.39. The molecule has 146 valence electrons. The molecular weight excluding hydrogens is 400 g/mol. The van der Waals surface area contributed by atoms with Crippen LogP contribution in [0.5, 0.6) is 5.75 Å². The molecule has 3 nitrogen and oxygen atoms in total. The molecule has 0 radical (unpaired) electrons. The standard InChI is InChI=1S/C23H31BrN2O/c1-2-3-4-5-6-7-11-16-27-23-15-14-21(17-22(23)24)19-26-25-18-20-12-9-8-10-13-20/h8-10,12-15,17,19,25H,2-7,11,16,18H2,1H3. The number of halogens is 1. The van der Waals surface area contributed by atoms with Crippen LogP contribution in [0.15, 0.2) is 58.1 Å². The summed E-state index contributed by atoms with van der Waals surface area (Å²) in [5.74, 6) is 0.898. The first-order valence-corrected chi connectivity index (χ1v) is 10.8. The van der Waals surface area contributed by atoms with Crippen molar-refractivity contribution in [2.24, 2.45) is 5.10 Å². The molecule has 2 aromatic rings. The number of hydrogen-bond donors (Lipinski definition) is 1. The molecule has 0 amide bonds. The van der Waals surface area contributed by atoms with Gasteiger partial charge in [-0.3, -0.25) is 0 Å². The zero-order valence-electron chi connectivity index (χ0n) is 16.3. The molecule has 0 unspecified atom stereocenters. The van der Waals surface area contributed by atoms with Gasteiger partial charge in [0.2, 0.25) is 0 Å². The highest BCUT2D eigenvalue weighted by molar-refractivity contribution is 9.10. The van der Waals surface area contributed by atoms with E-state index in [9.17, 15) is 0 Å². The Bertz CT molecular complexity index is 673. The van der Waals surface area contributed by atoms with Gasteiger partial charge in [-0.25, -0.2) is 0 Å². The highest BCUT2D eigenvalue weighted by Crippen LogP contribution is 2.25. The smallest absolute Gasteiger partial charge is 0.133 e. The molecule has 0 saturated carbocycles. The van der Waals surface area contributed by atoms with Crippen molar-refractivity contribution in [2.45, 2.75) is 58.4 Å². The summed E-state index contributed by atoms with van der Waals surface area (Å²) in [7, 11) is 0. The second-order valence-electron chi connectivity index (χ2n) is 6.74. The fraction of sp³-hybridized carbons (Fsp3) is 0.435. The summed E-state index contributed by atoms with van der Waals surface area (Å²) in [5, 5.41) is 4.29. The molecule has 0 aliphatic carbocycles. The van der Waals surface area contributed by atoms with Crippen molar-refractivity contribution in [3.05, 3.63) is 64.1 Å². The van der Waals surface area contributed by atoms with Crippen LogP contribution in [0.3, 0.4) is 0 Å². The van der Waals surface area contributed by atoms with Gasteiger partial charge in [0.05, 0.1) is 23.8 Å². The number of nitrogens with one attached hydrogen (secondary N) is 1. The molecule has 0 aliphatic heterocycles. The molecule has 0 heterocycles. The fourth-order valence-electron chi connectivity index (χ4n) is 2.81. The second kappa shape index (κ2) is 13.4. The van der Waals surface area contributed by atoms with Crippen LogP contribution >= 0.6 is 15.9 Å². The van der Waals surface area contributed by atoms with E-state index in [1.54, 1.807) is 0 Å². The van der Waals surface area contributed by atoms with E-state index in [-0.39, 0.29) is 0 Å². The predicted octanol–water partition coefficient (Wildman–Crippen LogP) is 6.70. The van der Waals surface area contributed by atoms with E-state index in [2.05, 4.69) is 45.5 Å². The van der Waals surface area contributed by atoms with Crippen LogP contribution in [0, 0.1) is 0 Å². The Kier molecular flexibility index (Phi) is 10.6. The van der Waals surface area contributed by atoms with Gasteiger partial charge in [0.15, 0.2) is 0 Å². The summed E-state index contributed by atoms with van der Waals surface area (Å²) < 4.78 is 6.87. The maximum Gasteiger partial charge on any atom is 0.133 e. The van der Waals surface area contributed by atoms with E-state index in [4.69, 9.17) is 4.74 Å². The Morgan fingerprint density at radius 3 is 2.44 bits per heavy atom. The molecule has 2 rings (SSSR count). The van der Waals surface area contributed by atoms with Gasteiger partial charge in [0, 0.05) is 0 Å². The number of nitrogens with zero attached hydrogens (tertiary/aromatic N) is 1. The van der Waals surface area contributed by atoms with Crippen LogP contribution in [0.25, 0.3) is 0 Å². The van der Waals surface area contributed by atoms with Gasteiger partial charge in [0.1, 0.15) is 5.75 Å². The maximum atomic E-state index is 5.90. The van der Waals surface area contributed by atoms with Crippen molar-refractivity contribution >= 4 is 22.1 Å². The van der Waals surface area contributed by atoms with Crippen LogP contribution < -0.4 is 10.2 Å². The van der Waals surface area contributed by atoms with E-state index in [1.807, 2.05) is 42.6 Å². The van der Waals surface area contributed by atoms with Gasteiger partial charge in [0.25, 0.3) is 0 Å². The lowest BCUT2D eigenvalue weighted by Gasteiger charge is -2.09. The van der Waals surface area contributed by atoms with Crippen LogP contribution in [-0.4, -0.2) is 12.8 Å². The zero-order chi connectivity index (χ0) is 19.2. The van der Waals surface area contributed by atoms with Gasteiger partial charge < -0.3 is 10.2 Å². The first-order chi connectivity index (χ1) is 13.3. The zero-order valence-corrected chi connectivity index (χ0v) is 17.9. The maximum absolute atomic E-state index is 5.90. The van der Waals surface area contributed by atoms with Crippen molar-refractivity contribution in [1.29, 1.82) is 0 Å². The van der Waals surface area contributed by atoms with Crippen LogP contribution in [0.1, 0.15) is 63.0 Å². The molecule has 0 fully saturated rings. The molecule has 0 bridgehead atoms. The lowest BCUT2D eigenvalue weighted by molar-refractivity contribution is 0.302. The Morgan fingerprint density at radius 2 is 1.70 bits per heavy atom. The van der Waals surface area contributed by atoms with Gasteiger partial charge in [-0.2, -0.15) is 5.10 Å². The molecule has 27 heavy (non-hydrogen) atoms. The first kappa shape index (κ1) is 21.5. The number of hydrogen-bond acceptors (Lipinski definition) is 3.